The average Bonchev–Trinajstić information content (AvgIpc) is 3.15. The number of carboxylic acid groups (broad SMARTS) is 1. The van der Waals surface area contributed by atoms with Crippen LogP contribution in [0.5, 0.6) is 0 Å². The maximum absolute atomic E-state index is 12.5. The number of hydrogen-bond acceptors (Lipinski definition) is 19. The molecule has 1 N–H and O–H groups in total. The number of carboxylic acids is 1. The molecule has 20 nitrogen and oxygen atoms in total. The van der Waals surface area contributed by atoms with E-state index in [9.17, 15) is 26.7 Å². The largest absolute Gasteiger partial charge is 0.481 e. The molecule has 0 radical (unpaired) electrons. The molecule has 0 saturated heterocycles. The normalized spacial score (nSPS) is 12.3. The van der Waals surface area contributed by atoms with Gasteiger partial charge < -0.3 is 71.4 Å². The lowest BCUT2D eigenvalue weighted by atomic mass is 10.2. The van der Waals surface area contributed by atoms with Crippen molar-refractivity contribution in [3.8, 4) is 0 Å². The number of hydrogen-bond donors (Lipinski definition) is 1. The molecule has 0 aliphatic carbocycles. The lowest BCUT2D eigenvalue weighted by Gasteiger charge is -2.14. The van der Waals surface area contributed by atoms with Crippen molar-refractivity contribution in [2.45, 2.75) is 0 Å². The zero-order valence-electron chi connectivity index (χ0n) is 33.3. The summed E-state index contributed by atoms with van der Waals surface area (Å²) in [6.45, 7) is 9.06. The van der Waals surface area contributed by atoms with Gasteiger partial charge in [-0.25, -0.2) is 16.8 Å². The van der Waals surface area contributed by atoms with Crippen LogP contribution in [-0.2, 0) is 90.8 Å². The molecule has 0 atom stereocenters. The Balaban J connectivity index is 3.76. The number of ether oxygens (including phenoxy) is 14. The van der Waals surface area contributed by atoms with Gasteiger partial charge in [0.05, 0.1) is 201 Å². The highest BCUT2D eigenvalue weighted by molar-refractivity contribution is 7.92. The monoisotopic (exact) mass is 860 g/mol. The Kier molecular flexibility index (Phi) is 39.7. The van der Waals surface area contributed by atoms with Gasteiger partial charge in [-0.15, -0.1) is 0 Å². The van der Waals surface area contributed by atoms with Gasteiger partial charge in [0.15, 0.2) is 19.7 Å². The molecule has 22 heteroatoms. The molecule has 0 rings (SSSR count). The molecule has 0 aromatic carbocycles. The van der Waals surface area contributed by atoms with Gasteiger partial charge >= 0.3 is 5.97 Å². The first kappa shape index (κ1) is 54.8. The molecule has 0 unspecified atom stereocenters. The van der Waals surface area contributed by atoms with Gasteiger partial charge in [-0.05, 0) is 0 Å². The molecule has 0 aliphatic heterocycles. The first-order chi connectivity index (χ1) is 27.1. The fourth-order valence-electron chi connectivity index (χ4n) is 4.03. The van der Waals surface area contributed by atoms with E-state index in [0.29, 0.717) is 132 Å². The topological polar surface area (TPSA) is 235 Å². The smallest absolute Gasteiger partial charge is 0.308 e. The third-order valence-corrected chi connectivity index (χ3v) is 10.3. The molecule has 0 aromatic rings. The second kappa shape index (κ2) is 40.6. The molecule has 0 bridgehead atoms. The van der Waals surface area contributed by atoms with Crippen LogP contribution < -0.4 is 0 Å². The van der Waals surface area contributed by atoms with Gasteiger partial charge in [-0.3, -0.25) is 4.79 Å². The summed E-state index contributed by atoms with van der Waals surface area (Å²) in [6, 6.07) is 0. The Labute approximate surface area is 333 Å². The van der Waals surface area contributed by atoms with Crippen LogP contribution in [0.15, 0.2) is 0 Å². The average molecular weight is 861 g/mol. The van der Waals surface area contributed by atoms with Crippen LogP contribution in [0.4, 0.5) is 0 Å². The Hall–Kier alpha value is -1.19. The van der Waals surface area contributed by atoms with E-state index < -0.39 is 54.6 Å². The van der Waals surface area contributed by atoms with Gasteiger partial charge in [0.1, 0.15) is 0 Å². The minimum absolute atomic E-state index is 0.117. The van der Waals surface area contributed by atoms with E-state index in [1.165, 1.54) is 0 Å². The molecule has 0 spiro atoms. The van der Waals surface area contributed by atoms with Crippen LogP contribution in [0.1, 0.15) is 0 Å². The van der Waals surface area contributed by atoms with Crippen LogP contribution in [0.25, 0.3) is 0 Å². The van der Waals surface area contributed by atoms with E-state index in [2.05, 4.69) is 0 Å². The summed E-state index contributed by atoms with van der Waals surface area (Å²) in [4.78, 5) is 11.7. The van der Waals surface area contributed by atoms with Crippen molar-refractivity contribution in [3.63, 3.8) is 0 Å². The number of methoxy groups -OCH3 is 2. The Morgan fingerprint density at radius 3 is 0.714 bits per heavy atom. The highest BCUT2D eigenvalue weighted by atomic mass is 32.2. The lowest BCUT2D eigenvalue weighted by Crippen LogP contribution is -2.33. The van der Waals surface area contributed by atoms with Crippen LogP contribution in [-0.4, -0.2) is 237 Å². The first-order valence-corrected chi connectivity index (χ1v) is 22.3. The summed E-state index contributed by atoms with van der Waals surface area (Å²) in [7, 11) is -4.60. The molecule has 0 heterocycles. The van der Waals surface area contributed by atoms with Gasteiger partial charge in [0, 0.05) is 14.2 Å². The van der Waals surface area contributed by atoms with Crippen LogP contribution in [0.2, 0.25) is 0 Å². The predicted molar refractivity (Wildman–Crippen MR) is 202 cm³/mol. The summed E-state index contributed by atoms with van der Waals surface area (Å²) in [6.07, 6.45) is 0. The Bertz CT molecular complexity index is 990. The quantitative estimate of drug-likeness (QED) is 0.0724. The molecule has 0 saturated carbocycles. The number of rotatable bonds is 47. The molecular weight excluding hydrogens is 792 g/mol. The minimum atomic E-state index is -3.91. The molecule has 0 fully saturated rings. The minimum Gasteiger partial charge on any atom is -0.481 e. The Morgan fingerprint density at radius 1 is 0.357 bits per heavy atom. The molecule has 0 aliphatic rings. The molecular formula is C34H68O20S2. The van der Waals surface area contributed by atoms with Crippen molar-refractivity contribution in [1.82, 2.24) is 0 Å². The Morgan fingerprint density at radius 2 is 0.536 bits per heavy atom. The van der Waals surface area contributed by atoms with Gasteiger partial charge in [-0.2, -0.15) is 0 Å². The second-order valence-corrected chi connectivity index (χ2v) is 16.1. The summed E-state index contributed by atoms with van der Waals surface area (Å²) in [5.74, 6) is -5.72. The maximum Gasteiger partial charge on any atom is 0.308 e. The maximum atomic E-state index is 12.5. The fraction of sp³-hybridized carbons (Fsp3) is 0.971. The summed E-state index contributed by atoms with van der Waals surface area (Å²) in [5.41, 5.74) is 0. The van der Waals surface area contributed by atoms with E-state index in [4.69, 9.17) is 66.3 Å². The third-order valence-electron chi connectivity index (χ3n) is 6.92. The second-order valence-electron chi connectivity index (χ2n) is 11.6. The third kappa shape index (κ3) is 41.0. The van der Waals surface area contributed by atoms with Crippen LogP contribution in [0.3, 0.4) is 0 Å². The number of sulfone groups is 2. The van der Waals surface area contributed by atoms with Crippen LogP contribution >= 0.6 is 0 Å². The van der Waals surface area contributed by atoms with Gasteiger partial charge in [-0.1, -0.05) is 0 Å². The highest BCUT2D eigenvalue weighted by Gasteiger charge is 2.30. The zero-order chi connectivity index (χ0) is 41.3. The van der Waals surface area contributed by atoms with Crippen molar-refractivity contribution < 1.29 is 93.1 Å². The SMILES string of the molecule is COCCOCCOCCOCCOCCOCCOCCS(=O)(=O)CC(CS(=O)(=O)CCOCCOCCOCCOCCOCCOCCOC)C(=O)O. The van der Waals surface area contributed by atoms with Crippen molar-refractivity contribution in [2.75, 3.05) is 209 Å². The van der Waals surface area contributed by atoms with Gasteiger partial charge in [0.2, 0.25) is 0 Å². The van der Waals surface area contributed by atoms with Crippen molar-refractivity contribution >= 4 is 25.6 Å². The molecule has 336 valence electrons. The van der Waals surface area contributed by atoms with E-state index in [1.807, 2.05) is 0 Å². The summed E-state index contributed by atoms with van der Waals surface area (Å²) < 4.78 is 124. The van der Waals surface area contributed by atoms with Crippen molar-refractivity contribution in [1.29, 1.82) is 0 Å². The van der Waals surface area contributed by atoms with E-state index in [0.717, 1.165) is 0 Å². The molecule has 0 aromatic heterocycles. The van der Waals surface area contributed by atoms with E-state index >= 15 is 0 Å². The molecule has 56 heavy (non-hydrogen) atoms. The standard InChI is InChI=1S/C34H68O20S2/c1-41-3-5-43-7-9-45-11-13-47-15-17-49-19-21-51-23-25-53-27-29-55(37,38)31-33(34(35)36)32-56(39,40)30-28-54-26-24-52-22-20-50-18-16-48-14-12-46-10-8-44-6-4-42-2/h33H,3-32H2,1-2H3,(H,35,36). The first-order valence-electron chi connectivity index (χ1n) is 18.7. The summed E-state index contributed by atoms with van der Waals surface area (Å²) >= 11 is 0. The zero-order valence-corrected chi connectivity index (χ0v) is 34.9. The summed E-state index contributed by atoms with van der Waals surface area (Å²) in [5, 5.41) is 9.50. The highest BCUT2D eigenvalue weighted by Crippen LogP contribution is 2.09. The van der Waals surface area contributed by atoms with Crippen molar-refractivity contribution in [3.05, 3.63) is 0 Å². The van der Waals surface area contributed by atoms with Crippen LogP contribution in [0, 0.1) is 5.92 Å². The lowest BCUT2D eigenvalue weighted by molar-refractivity contribution is -0.140. The van der Waals surface area contributed by atoms with Crippen molar-refractivity contribution in [2.24, 2.45) is 5.92 Å². The number of carbonyl (C=O) groups is 1. The molecule has 0 amide bonds. The van der Waals surface area contributed by atoms with E-state index in [-0.39, 0.29) is 39.6 Å². The number of aliphatic carboxylic acids is 1. The van der Waals surface area contributed by atoms with Gasteiger partial charge in [0.25, 0.3) is 0 Å². The van der Waals surface area contributed by atoms with E-state index in [1.54, 1.807) is 14.2 Å². The predicted octanol–water partition coefficient (Wildman–Crippen LogP) is -0.991. The fourth-order valence-corrected chi connectivity index (χ4v) is 7.00.